The van der Waals surface area contributed by atoms with Crippen molar-refractivity contribution in [2.75, 3.05) is 63.8 Å². The number of carbonyl (C=O) groups is 1. The number of pyridine rings is 1. The van der Waals surface area contributed by atoms with Gasteiger partial charge in [-0.1, -0.05) is 36.4 Å². The normalized spacial score (nSPS) is 16.6. The first-order chi connectivity index (χ1) is 19.7. The molecule has 2 saturated heterocycles. The lowest BCUT2D eigenvalue weighted by molar-refractivity contribution is 0.0952. The van der Waals surface area contributed by atoms with E-state index in [2.05, 4.69) is 84.7 Å². The molecule has 208 valence electrons. The number of benzene rings is 2. The summed E-state index contributed by atoms with van der Waals surface area (Å²) in [5.41, 5.74) is 6.40. The molecule has 0 atom stereocenters. The number of para-hydroxylation sites is 2. The number of carbonyl (C=O) groups excluding carboxylic acids is 1. The lowest BCUT2D eigenvalue weighted by Gasteiger charge is -2.37. The summed E-state index contributed by atoms with van der Waals surface area (Å²) in [5, 5.41) is 4.44. The van der Waals surface area contributed by atoms with Crippen LogP contribution in [0, 0.1) is 0 Å². The van der Waals surface area contributed by atoms with Gasteiger partial charge in [-0.25, -0.2) is 0 Å². The molecule has 1 amide bonds. The number of aromatic amines is 1. The molecule has 4 aromatic rings. The van der Waals surface area contributed by atoms with Crippen LogP contribution in [0.1, 0.15) is 35.2 Å². The Kier molecular flexibility index (Phi) is 8.40. The third-order valence-corrected chi connectivity index (χ3v) is 8.42. The maximum atomic E-state index is 12.9. The molecule has 2 aliphatic heterocycles. The fraction of sp³-hybridized carbons (Fsp3) is 0.394. The largest absolute Gasteiger partial charge is 0.368 e. The SMILES string of the molecule is O=C(NCCCN1CCCC1)c1ccnc(-c2ccccc2N2CCN(CCc3c[nH]c4ccccc34)CC2)c1. The topological polar surface area (TPSA) is 67.5 Å². The third-order valence-electron chi connectivity index (χ3n) is 8.42. The van der Waals surface area contributed by atoms with Gasteiger partial charge >= 0.3 is 0 Å². The van der Waals surface area contributed by atoms with E-state index in [9.17, 15) is 4.79 Å². The standard InChI is InChI=1S/C33H40N6O/c40-33(35-14-7-18-37-16-5-6-17-37)26-12-15-34-31(24-26)29-9-2-4-11-32(29)39-22-20-38(21-23-39)19-13-27-25-36-30-10-3-1-8-28(27)30/h1-4,8-12,15,24-25,36H,5-7,13-14,16-23H2,(H,35,40). The quantitative estimate of drug-likeness (QED) is 0.285. The Morgan fingerprint density at radius 3 is 2.52 bits per heavy atom. The van der Waals surface area contributed by atoms with Crippen LogP contribution in [0.3, 0.4) is 0 Å². The van der Waals surface area contributed by atoms with Gasteiger partial charge in [0.05, 0.1) is 5.69 Å². The van der Waals surface area contributed by atoms with Gasteiger partial charge in [0.2, 0.25) is 0 Å². The van der Waals surface area contributed by atoms with Crippen molar-refractivity contribution < 1.29 is 4.79 Å². The van der Waals surface area contributed by atoms with Crippen LogP contribution in [-0.4, -0.2) is 84.6 Å². The van der Waals surface area contributed by atoms with E-state index in [0.717, 1.165) is 63.4 Å². The minimum Gasteiger partial charge on any atom is -0.368 e. The minimum absolute atomic E-state index is 0.0219. The van der Waals surface area contributed by atoms with E-state index < -0.39 is 0 Å². The molecule has 0 bridgehead atoms. The molecule has 6 rings (SSSR count). The Labute approximate surface area is 237 Å². The highest BCUT2D eigenvalue weighted by Gasteiger charge is 2.21. The molecule has 2 fully saturated rings. The number of anilines is 1. The van der Waals surface area contributed by atoms with Crippen LogP contribution < -0.4 is 10.2 Å². The average molecular weight is 537 g/mol. The predicted molar refractivity (Wildman–Crippen MR) is 163 cm³/mol. The summed E-state index contributed by atoms with van der Waals surface area (Å²) >= 11 is 0. The molecule has 4 heterocycles. The van der Waals surface area contributed by atoms with Crippen molar-refractivity contribution in [1.29, 1.82) is 0 Å². The predicted octanol–water partition coefficient (Wildman–Crippen LogP) is 4.81. The van der Waals surface area contributed by atoms with Crippen molar-refractivity contribution in [1.82, 2.24) is 25.1 Å². The number of H-pyrrole nitrogens is 1. The molecule has 2 aromatic heterocycles. The highest BCUT2D eigenvalue weighted by Crippen LogP contribution is 2.31. The summed E-state index contributed by atoms with van der Waals surface area (Å²) in [7, 11) is 0. The Balaban J connectivity index is 1.05. The number of piperazine rings is 1. The summed E-state index contributed by atoms with van der Waals surface area (Å²) in [5.74, 6) is -0.0219. The molecule has 0 unspecified atom stereocenters. The second-order valence-electron chi connectivity index (χ2n) is 11.0. The van der Waals surface area contributed by atoms with Gasteiger partial charge in [-0.05, 0) is 75.1 Å². The smallest absolute Gasteiger partial charge is 0.251 e. The van der Waals surface area contributed by atoms with Crippen LogP contribution >= 0.6 is 0 Å². The van der Waals surface area contributed by atoms with Crippen LogP contribution in [0.2, 0.25) is 0 Å². The number of fused-ring (bicyclic) bond motifs is 1. The minimum atomic E-state index is -0.0219. The van der Waals surface area contributed by atoms with Crippen molar-refractivity contribution in [2.45, 2.75) is 25.7 Å². The zero-order valence-electron chi connectivity index (χ0n) is 23.3. The third kappa shape index (κ3) is 6.21. The molecule has 0 radical (unpaired) electrons. The maximum Gasteiger partial charge on any atom is 0.251 e. The lowest BCUT2D eigenvalue weighted by Crippen LogP contribution is -2.47. The van der Waals surface area contributed by atoms with Gasteiger partial charge in [-0.2, -0.15) is 0 Å². The first kappa shape index (κ1) is 26.5. The van der Waals surface area contributed by atoms with Crippen molar-refractivity contribution >= 4 is 22.5 Å². The van der Waals surface area contributed by atoms with Crippen LogP contribution in [0.25, 0.3) is 22.2 Å². The molecule has 0 spiro atoms. The number of hydrogen-bond donors (Lipinski definition) is 2. The molecule has 0 aliphatic carbocycles. The van der Waals surface area contributed by atoms with Gasteiger partial charge in [0, 0.05) is 79.4 Å². The second kappa shape index (κ2) is 12.7. The van der Waals surface area contributed by atoms with Crippen LogP contribution in [0.5, 0.6) is 0 Å². The number of rotatable bonds is 10. The number of aromatic nitrogens is 2. The molecule has 2 aromatic carbocycles. The molecule has 7 heteroatoms. The van der Waals surface area contributed by atoms with Crippen molar-refractivity contribution in [3.05, 3.63) is 84.2 Å². The summed E-state index contributed by atoms with van der Waals surface area (Å²) in [6.07, 6.45) is 8.56. The molecular formula is C33H40N6O. The van der Waals surface area contributed by atoms with E-state index in [1.54, 1.807) is 6.20 Å². The Bertz CT molecular complexity index is 1420. The number of nitrogens with zero attached hydrogens (tertiary/aromatic N) is 4. The second-order valence-corrected chi connectivity index (χ2v) is 11.0. The van der Waals surface area contributed by atoms with E-state index in [1.165, 1.54) is 48.1 Å². The fourth-order valence-corrected chi connectivity index (χ4v) is 6.13. The van der Waals surface area contributed by atoms with Crippen molar-refractivity contribution in [3.63, 3.8) is 0 Å². The first-order valence-corrected chi connectivity index (χ1v) is 14.8. The molecule has 7 nitrogen and oxygen atoms in total. The number of hydrogen-bond acceptors (Lipinski definition) is 5. The average Bonchev–Trinajstić information content (AvgIpc) is 3.69. The zero-order valence-corrected chi connectivity index (χ0v) is 23.3. The Hall–Kier alpha value is -3.68. The van der Waals surface area contributed by atoms with Crippen LogP contribution in [-0.2, 0) is 6.42 Å². The van der Waals surface area contributed by atoms with Gasteiger partial charge in [0.1, 0.15) is 0 Å². The van der Waals surface area contributed by atoms with E-state index in [1.807, 2.05) is 12.1 Å². The monoisotopic (exact) mass is 536 g/mol. The van der Waals surface area contributed by atoms with Crippen LogP contribution in [0.15, 0.2) is 73.1 Å². The van der Waals surface area contributed by atoms with Crippen LogP contribution in [0.4, 0.5) is 5.69 Å². The summed E-state index contributed by atoms with van der Waals surface area (Å²) in [6.45, 7) is 9.23. The van der Waals surface area contributed by atoms with E-state index in [4.69, 9.17) is 0 Å². The van der Waals surface area contributed by atoms with E-state index in [-0.39, 0.29) is 5.91 Å². The van der Waals surface area contributed by atoms with E-state index >= 15 is 0 Å². The first-order valence-electron chi connectivity index (χ1n) is 14.8. The van der Waals surface area contributed by atoms with E-state index in [0.29, 0.717) is 12.1 Å². The maximum absolute atomic E-state index is 12.9. The molecular weight excluding hydrogens is 496 g/mol. The summed E-state index contributed by atoms with van der Waals surface area (Å²) in [6, 6.07) is 20.8. The Morgan fingerprint density at radius 2 is 1.65 bits per heavy atom. The molecule has 2 N–H and O–H groups in total. The van der Waals surface area contributed by atoms with Gasteiger partial charge in [0.25, 0.3) is 5.91 Å². The summed E-state index contributed by atoms with van der Waals surface area (Å²) < 4.78 is 0. The summed E-state index contributed by atoms with van der Waals surface area (Å²) in [4.78, 5) is 28.5. The zero-order chi connectivity index (χ0) is 27.1. The molecule has 40 heavy (non-hydrogen) atoms. The number of amides is 1. The molecule has 0 saturated carbocycles. The number of likely N-dealkylation sites (tertiary alicyclic amines) is 1. The molecule has 2 aliphatic rings. The van der Waals surface area contributed by atoms with Gasteiger partial charge in [0.15, 0.2) is 0 Å². The number of nitrogens with one attached hydrogen (secondary N) is 2. The van der Waals surface area contributed by atoms with Crippen molar-refractivity contribution in [3.8, 4) is 11.3 Å². The fourth-order valence-electron chi connectivity index (χ4n) is 6.13. The van der Waals surface area contributed by atoms with Crippen molar-refractivity contribution in [2.24, 2.45) is 0 Å². The lowest BCUT2D eigenvalue weighted by atomic mass is 10.0. The Morgan fingerprint density at radius 1 is 0.875 bits per heavy atom. The van der Waals surface area contributed by atoms with Gasteiger partial charge in [-0.15, -0.1) is 0 Å². The highest BCUT2D eigenvalue weighted by molar-refractivity contribution is 5.95. The van der Waals surface area contributed by atoms with Gasteiger partial charge in [-0.3, -0.25) is 14.7 Å². The highest BCUT2D eigenvalue weighted by atomic mass is 16.1. The van der Waals surface area contributed by atoms with Gasteiger partial charge < -0.3 is 20.1 Å².